The maximum absolute atomic E-state index is 14.1. The summed E-state index contributed by atoms with van der Waals surface area (Å²) in [7, 11) is 0. The van der Waals surface area contributed by atoms with Gasteiger partial charge in [0.1, 0.15) is 23.7 Å². The van der Waals surface area contributed by atoms with Crippen LogP contribution in [-0.4, -0.2) is 69.3 Å². The third kappa shape index (κ3) is 1.93. The van der Waals surface area contributed by atoms with E-state index in [1.807, 2.05) is 0 Å². The summed E-state index contributed by atoms with van der Waals surface area (Å²) in [4.78, 5) is 6.41. The van der Waals surface area contributed by atoms with E-state index in [1.165, 1.54) is 18.7 Å². The fourth-order valence-electron chi connectivity index (χ4n) is 2.40. The quantitative estimate of drug-likeness (QED) is 0.704. The average molecular weight is 276 g/mol. The second-order valence-corrected chi connectivity index (χ2v) is 6.07. The minimum absolute atomic E-state index is 0.432. The van der Waals surface area contributed by atoms with Crippen molar-refractivity contribution in [2.45, 2.75) is 49.3 Å². The average Bonchev–Trinajstić information content (AvgIpc) is 2.64. The van der Waals surface area contributed by atoms with Gasteiger partial charge >= 0.3 is 0 Å². The van der Waals surface area contributed by atoms with E-state index in [4.69, 9.17) is 4.74 Å². The zero-order chi connectivity index (χ0) is 12.9. The SMILES string of the molecule is CC(O)C1OC2SC(N3CCC3)=NC2C(F)C1O. The number of halogens is 1. The highest BCUT2D eigenvalue weighted by Gasteiger charge is 2.51. The molecule has 0 spiro atoms. The summed E-state index contributed by atoms with van der Waals surface area (Å²) in [5.74, 6) is 0. The molecule has 102 valence electrons. The topological polar surface area (TPSA) is 65.3 Å². The number of amidine groups is 1. The van der Waals surface area contributed by atoms with Crippen molar-refractivity contribution in [3.05, 3.63) is 0 Å². The highest BCUT2D eigenvalue weighted by molar-refractivity contribution is 8.14. The first-order chi connectivity index (χ1) is 8.58. The van der Waals surface area contributed by atoms with Crippen molar-refractivity contribution in [1.29, 1.82) is 0 Å². The largest absolute Gasteiger partial charge is 0.391 e. The summed E-state index contributed by atoms with van der Waals surface area (Å²) in [6, 6.07) is -0.657. The molecule has 0 bridgehead atoms. The number of hydrogen-bond acceptors (Lipinski definition) is 6. The number of aliphatic imine (C=N–C) groups is 1. The van der Waals surface area contributed by atoms with Crippen LogP contribution in [0.1, 0.15) is 13.3 Å². The fourth-order valence-corrected chi connectivity index (χ4v) is 3.66. The van der Waals surface area contributed by atoms with Crippen molar-refractivity contribution in [2.75, 3.05) is 13.1 Å². The number of thioether (sulfide) groups is 1. The smallest absolute Gasteiger partial charge is 0.162 e. The van der Waals surface area contributed by atoms with Gasteiger partial charge in [0.15, 0.2) is 11.3 Å². The third-order valence-electron chi connectivity index (χ3n) is 3.64. The molecule has 0 aromatic rings. The Morgan fingerprint density at radius 1 is 1.56 bits per heavy atom. The molecule has 0 aromatic heterocycles. The minimum atomic E-state index is -1.48. The van der Waals surface area contributed by atoms with Crippen molar-refractivity contribution in [1.82, 2.24) is 4.90 Å². The van der Waals surface area contributed by atoms with E-state index in [-0.39, 0.29) is 0 Å². The molecule has 18 heavy (non-hydrogen) atoms. The highest BCUT2D eigenvalue weighted by atomic mass is 32.2. The maximum atomic E-state index is 14.1. The van der Waals surface area contributed by atoms with E-state index in [0.29, 0.717) is 0 Å². The van der Waals surface area contributed by atoms with E-state index in [2.05, 4.69) is 9.89 Å². The molecule has 2 fully saturated rings. The Labute approximate surface area is 109 Å². The number of aliphatic hydroxyl groups is 2. The van der Waals surface area contributed by atoms with E-state index >= 15 is 0 Å². The first-order valence-electron chi connectivity index (χ1n) is 6.23. The van der Waals surface area contributed by atoms with Crippen molar-refractivity contribution in [3.63, 3.8) is 0 Å². The lowest BCUT2D eigenvalue weighted by molar-refractivity contribution is -0.165. The van der Waals surface area contributed by atoms with Crippen molar-refractivity contribution < 1.29 is 19.3 Å². The predicted octanol–water partition coefficient (Wildman–Crippen LogP) is -0.0318. The van der Waals surface area contributed by atoms with Gasteiger partial charge in [-0.2, -0.15) is 0 Å². The highest BCUT2D eigenvalue weighted by Crippen LogP contribution is 2.40. The molecule has 3 rings (SSSR count). The Kier molecular flexibility index (Phi) is 3.25. The van der Waals surface area contributed by atoms with Gasteiger partial charge in [-0.05, 0) is 13.3 Å². The van der Waals surface area contributed by atoms with E-state index in [1.54, 1.807) is 0 Å². The van der Waals surface area contributed by atoms with Gasteiger partial charge in [0.25, 0.3) is 0 Å². The van der Waals surface area contributed by atoms with E-state index in [9.17, 15) is 14.6 Å². The predicted molar refractivity (Wildman–Crippen MR) is 66.2 cm³/mol. The molecule has 3 aliphatic heterocycles. The number of likely N-dealkylation sites (tertiary alicyclic amines) is 1. The molecule has 0 amide bonds. The molecule has 0 saturated carbocycles. The van der Waals surface area contributed by atoms with Gasteiger partial charge in [-0.3, -0.25) is 4.99 Å². The van der Waals surface area contributed by atoms with Crippen molar-refractivity contribution >= 4 is 16.9 Å². The summed E-state index contributed by atoms with van der Waals surface area (Å²) >= 11 is 1.40. The lowest BCUT2D eigenvalue weighted by Crippen LogP contribution is -2.56. The molecule has 3 heterocycles. The van der Waals surface area contributed by atoms with Crippen LogP contribution >= 0.6 is 11.8 Å². The Morgan fingerprint density at radius 3 is 2.83 bits per heavy atom. The molecule has 0 radical (unpaired) electrons. The van der Waals surface area contributed by atoms with Crippen LogP contribution in [0.25, 0.3) is 0 Å². The minimum Gasteiger partial charge on any atom is -0.391 e. The van der Waals surface area contributed by atoms with Crippen molar-refractivity contribution in [3.8, 4) is 0 Å². The first-order valence-corrected chi connectivity index (χ1v) is 7.11. The molecule has 0 aromatic carbocycles. The molecule has 0 aliphatic carbocycles. The molecule has 2 N–H and O–H groups in total. The molecule has 3 aliphatic rings. The number of fused-ring (bicyclic) bond motifs is 1. The Hall–Kier alpha value is -0.370. The lowest BCUT2D eigenvalue weighted by atomic mass is 9.97. The number of alkyl halides is 1. The van der Waals surface area contributed by atoms with Gasteiger partial charge in [-0.15, -0.1) is 0 Å². The molecular weight excluding hydrogens is 259 g/mol. The lowest BCUT2D eigenvalue weighted by Gasteiger charge is -2.38. The second-order valence-electron chi connectivity index (χ2n) is 5.01. The second kappa shape index (κ2) is 4.63. The summed E-state index contributed by atoms with van der Waals surface area (Å²) in [5, 5.41) is 20.1. The summed E-state index contributed by atoms with van der Waals surface area (Å²) in [6.07, 6.45) is -3.43. The van der Waals surface area contributed by atoms with Crippen LogP contribution in [0.3, 0.4) is 0 Å². The van der Waals surface area contributed by atoms with Gasteiger partial charge in [0.2, 0.25) is 0 Å². The van der Waals surface area contributed by atoms with E-state index < -0.39 is 36.0 Å². The number of hydrogen-bond donors (Lipinski definition) is 2. The molecular formula is C11H17FN2O3S. The third-order valence-corrected chi connectivity index (χ3v) is 4.84. The molecule has 6 atom stereocenters. The summed E-state index contributed by atoms with van der Waals surface area (Å²) < 4.78 is 19.7. The van der Waals surface area contributed by atoms with Crippen LogP contribution in [-0.2, 0) is 4.74 Å². The zero-order valence-electron chi connectivity index (χ0n) is 10.1. The Balaban J connectivity index is 1.75. The number of nitrogens with zero attached hydrogens (tertiary/aromatic N) is 2. The Bertz CT molecular complexity index is 364. The van der Waals surface area contributed by atoms with Crippen LogP contribution in [0.4, 0.5) is 4.39 Å². The standard InChI is InChI=1S/C11H17FN2O3S/c1-5(15)9-8(16)6(12)7-10(17-9)18-11(13-7)14-3-2-4-14/h5-10,15-16H,2-4H2,1H3. The van der Waals surface area contributed by atoms with Gasteiger partial charge in [0.05, 0.1) is 6.10 Å². The van der Waals surface area contributed by atoms with Gasteiger partial charge in [0, 0.05) is 13.1 Å². The van der Waals surface area contributed by atoms with Gasteiger partial charge < -0.3 is 19.8 Å². The fraction of sp³-hybridized carbons (Fsp3) is 0.909. The summed E-state index contributed by atoms with van der Waals surface area (Å²) in [5.41, 5.74) is -0.432. The van der Waals surface area contributed by atoms with Gasteiger partial charge in [-0.25, -0.2) is 4.39 Å². The normalized spacial score (nSPS) is 45.2. The van der Waals surface area contributed by atoms with Crippen LogP contribution in [0.15, 0.2) is 4.99 Å². The van der Waals surface area contributed by atoms with Crippen LogP contribution in [0.5, 0.6) is 0 Å². The van der Waals surface area contributed by atoms with Crippen molar-refractivity contribution in [2.24, 2.45) is 4.99 Å². The van der Waals surface area contributed by atoms with Crippen LogP contribution in [0.2, 0.25) is 0 Å². The number of rotatable bonds is 1. The Morgan fingerprint density at radius 2 is 2.28 bits per heavy atom. The van der Waals surface area contributed by atoms with Crippen LogP contribution < -0.4 is 0 Å². The first kappa shape index (κ1) is 12.7. The number of ether oxygens (including phenoxy) is 1. The van der Waals surface area contributed by atoms with Crippen LogP contribution in [0, 0.1) is 0 Å². The summed E-state index contributed by atoms with van der Waals surface area (Å²) in [6.45, 7) is 3.40. The molecule has 5 nitrogen and oxygen atoms in total. The monoisotopic (exact) mass is 276 g/mol. The van der Waals surface area contributed by atoms with Gasteiger partial charge in [-0.1, -0.05) is 11.8 Å². The van der Waals surface area contributed by atoms with E-state index in [0.717, 1.165) is 24.7 Å². The zero-order valence-corrected chi connectivity index (χ0v) is 10.9. The maximum Gasteiger partial charge on any atom is 0.162 e. The molecule has 2 saturated heterocycles. The molecule has 7 heteroatoms. The number of aliphatic hydroxyl groups excluding tert-OH is 2. The molecule has 6 unspecified atom stereocenters.